The van der Waals surface area contributed by atoms with Gasteiger partial charge in [0.25, 0.3) is 0 Å². The average Bonchev–Trinajstić information content (AvgIpc) is 2.40. The molecule has 0 radical (unpaired) electrons. The molecule has 0 unspecified atom stereocenters. The quantitative estimate of drug-likeness (QED) is 0.794. The van der Waals surface area contributed by atoms with Crippen LogP contribution in [0, 0.1) is 0 Å². The van der Waals surface area contributed by atoms with Crippen LogP contribution in [0.5, 0.6) is 11.5 Å². The Balaban J connectivity index is 2.08. The lowest BCUT2D eigenvalue weighted by Crippen LogP contribution is -2.35. The molecule has 1 saturated heterocycles. The third-order valence-corrected chi connectivity index (χ3v) is 2.99. The normalized spacial score (nSPS) is 16.8. The molecule has 1 fully saturated rings. The summed E-state index contributed by atoms with van der Waals surface area (Å²) in [7, 11) is 3.36. The molecule has 0 bridgehead atoms. The maximum atomic E-state index is 5.39. The summed E-state index contributed by atoms with van der Waals surface area (Å²) in [5, 5.41) is 0. The Kier molecular flexibility index (Phi) is 4.23. The summed E-state index contributed by atoms with van der Waals surface area (Å²) in [6, 6.07) is 5.96. The number of hydrogen-bond acceptors (Lipinski definition) is 4. The van der Waals surface area contributed by atoms with Crippen LogP contribution >= 0.6 is 0 Å². The lowest BCUT2D eigenvalue weighted by atomic mass is 10.1. The van der Waals surface area contributed by atoms with E-state index in [1.54, 1.807) is 14.2 Å². The van der Waals surface area contributed by atoms with Gasteiger partial charge in [0.2, 0.25) is 0 Å². The molecule has 1 aliphatic rings. The molecule has 4 nitrogen and oxygen atoms in total. The summed E-state index contributed by atoms with van der Waals surface area (Å²) >= 11 is 0. The van der Waals surface area contributed by atoms with Gasteiger partial charge in [-0.1, -0.05) is 6.07 Å². The molecule has 0 aromatic heterocycles. The zero-order valence-electron chi connectivity index (χ0n) is 10.4. The van der Waals surface area contributed by atoms with E-state index in [4.69, 9.17) is 14.2 Å². The third-order valence-electron chi connectivity index (χ3n) is 2.99. The second-order valence-electron chi connectivity index (χ2n) is 4.07. The first-order chi connectivity index (χ1) is 8.33. The molecule has 0 atom stereocenters. The highest BCUT2D eigenvalue weighted by Crippen LogP contribution is 2.25. The molecule has 2 rings (SSSR count). The van der Waals surface area contributed by atoms with Crippen molar-refractivity contribution >= 4 is 0 Å². The second-order valence-corrected chi connectivity index (χ2v) is 4.07. The lowest BCUT2D eigenvalue weighted by Gasteiger charge is -2.27. The Morgan fingerprint density at radius 3 is 2.59 bits per heavy atom. The van der Waals surface area contributed by atoms with Gasteiger partial charge in [-0.25, -0.2) is 0 Å². The van der Waals surface area contributed by atoms with Crippen LogP contribution in [-0.2, 0) is 11.3 Å². The number of nitrogens with zero attached hydrogens (tertiary/aromatic N) is 1. The Morgan fingerprint density at radius 2 is 1.94 bits per heavy atom. The van der Waals surface area contributed by atoms with E-state index in [2.05, 4.69) is 11.0 Å². The van der Waals surface area contributed by atoms with Crippen molar-refractivity contribution in [3.05, 3.63) is 23.8 Å². The highest BCUT2D eigenvalue weighted by Gasteiger charge is 2.13. The largest absolute Gasteiger partial charge is 0.497 e. The third kappa shape index (κ3) is 3.11. The van der Waals surface area contributed by atoms with Crippen molar-refractivity contribution in [3.8, 4) is 11.5 Å². The first-order valence-electron chi connectivity index (χ1n) is 5.84. The smallest absolute Gasteiger partial charge is 0.127 e. The van der Waals surface area contributed by atoms with Crippen molar-refractivity contribution in [2.24, 2.45) is 0 Å². The molecular weight excluding hydrogens is 218 g/mol. The maximum Gasteiger partial charge on any atom is 0.127 e. The van der Waals surface area contributed by atoms with Gasteiger partial charge in [0.15, 0.2) is 0 Å². The standard InChI is InChI=1S/C13H19NO3/c1-15-12-4-3-11(13(9-12)16-2)10-14-5-7-17-8-6-14/h3-4,9H,5-8,10H2,1-2H3. The van der Waals surface area contributed by atoms with Crippen LogP contribution in [0.2, 0.25) is 0 Å². The van der Waals surface area contributed by atoms with Gasteiger partial charge < -0.3 is 14.2 Å². The van der Waals surface area contributed by atoms with Crippen molar-refractivity contribution in [2.75, 3.05) is 40.5 Å². The first kappa shape index (κ1) is 12.2. The Bertz CT molecular complexity index is 362. The minimum absolute atomic E-state index is 0.818. The van der Waals surface area contributed by atoms with E-state index in [0.717, 1.165) is 44.3 Å². The monoisotopic (exact) mass is 237 g/mol. The van der Waals surface area contributed by atoms with Crippen molar-refractivity contribution in [3.63, 3.8) is 0 Å². The van der Waals surface area contributed by atoms with Gasteiger partial charge >= 0.3 is 0 Å². The van der Waals surface area contributed by atoms with Gasteiger partial charge in [-0.2, -0.15) is 0 Å². The van der Waals surface area contributed by atoms with E-state index in [1.807, 2.05) is 12.1 Å². The molecule has 94 valence electrons. The second kappa shape index (κ2) is 5.89. The summed E-state index contributed by atoms with van der Waals surface area (Å²) in [5.41, 5.74) is 1.19. The number of benzene rings is 1. The zero-order chi connectivity index (χ0) is 12.1. The van der Waals surface area contributed by atoms with E-state index in [-0.39, 0.29) is 0 Å². The molecule has 4 heteroatoms. The molecule has 1 heterocycles. The van der Waals surface area contributed by atoms with Gasteiger partial charge in [0.05, 0.1) is 27.4 Å². The van der Waals surface area contributed by atoms with E-state index >= 15 is 0 Å². The first-order valence-corrected chi connectivity index (χ1v) is 5.84. The van der Waals surface area contributed by atoms with Gasteiger partial charge in [-0.3, -0.25) is 4.90 Å². The van der Waals surface area contributed by atoms with Crippen LogP contribution in [0.1, 0.15) is 5.56 Å². The predicted molar refractivity (Wildman–Crippen MR) is 65.6 cm³/mol. The Morgan fingerprint density at radius 1 is 1.18 bits per heavy atom. The van der Waals surface area contributed by atoms with E-state index in [0.29, 0.717) is 0 Å². The predicted octanol–water partition coefficient (Wildman–Crippen LogP) is 1.54. The van der Waals surface area contributed by atoms with E-state index in [9.17, 15) is 0 Å². The molecule has 1 aliphatic heterocycles. The molecule has 0 spiro atoms. The fourth-order valence-electron chi connectivity index (χ4n) is 1.98. The number of rotatable bonds is 4. The van der Waals surface area contributed by atoms with Crippen LogP contribution in [0.25, 0.3) is 0 Å². The summed E-state index contributed by atoms with van der Waals surface area (Å²) in [6.45, 7) is 4.50. The van der Waals surface area contributed by atoms with E-state index in [1.165, 1.54) is 5.56 Å². The van der Waals surface area contributed by atoms with Crippen molar-refractivity contribution in [1.29, 1.82) is 0 Å². The van der Waals surface area contributed by atoms with Crippen LogP contribution in [0.15, 0.2) is 18.2 Å². The molecule has 1 aromatic carbocycles. The molecular formula is C13H19NO3. The number of ether oxygens (including phenoxy) is 3. The van der Waals surface area contributed by atoms with Crippen molar-refractivity contribution < 1.29 is 14.2 Å². The fourth-order valence-corrected chi connectivity index (χ4v) is 1.98. The molecule has 17 heavy (non-hydrogen) atoms. The highest BCUT2D eigenvalue weighted by molar-refractivity contribution is 5.40. The topological polar surface area (TPSA) is 30.9 Å². The Hall–Kier alpha value is -1.26. The zero-order valence-corrected chi connectivity index (χ0v) is 10.4. The summed E-state index contributed by atoms with van der Waals surface area (Å²) < 4.78 is 15.9. The lowest BCUT2D eigenvalue weighted by molar-refractivity contribution is 0.0339. The molecule has 0 N–H and O–H groups in total. The summed E-state index contributed by atoms with van der Waals surface area (Å²) in [4.78, 5) is 2.37. The van der Waals surface area contributed by atoms with Crippen LogP contribution in [0.4, 0.5) is 0 Å². The van der Waals surface area contributed by atoms with Crippen molar-refractivity contribution in [1.82, 2.24) is 4.90 Å². The number of methoxy groups -OCH3 is 2. The minimum atomic E-state index is 0.818. The molecule has 0 amide bonds. The maximum absolute atomic E-state index is 5.39. The fraction of sp³-hybridized carbons (Fsp3) is 0.538. The van der Waals surface area contributed by atoms with Crippen LogP contribution < -0.4 is 9.47 Å². The van der Waals surface area contributed by atoms with E-state index < -0.39 is 0 Å². The summed E-state index contributed by atoms with van der Waals surface area (Å²) in [5.74, 6) is 1.71. The Labute approximate surface area is 102 Å². The van der Waals surface area contributed by atoms with Gasteiger partial charge in [-0.05, 0) is 6.07 Å². The molecule has 0 saturated carbocycles. The van der Waals surface area contributed by atoms with Gasteiger partial charge in [-0.15, -0.1) is 0 Å². The van der Waals surface area contributed by atoms with Gasteiger partial charge in [0.1, 0.15) is 11.5 Å². The van der Waals surface area contributed by atoms with Crippen LogP contribution in [-0.4, -0.2) is 45.4 Å². The molecule has 1 aromatic rings. The van der Waals surface area contributed by atoms with Gasteiger partial charge in [0, 0.05) is 31.3 Å². The minimum Gasteiger partial charge on any atom is -0.497 e. The summed E-state index contributed by atoms with van der Waals surface area (Å²) in [6.07, 6.45) is 0. The number of morpholine rings is 1. The average molecular weight is 237 g/mol. The van der Waals surface area contributed by atoms with Crippen LogP contribution in [0.3, 0.4) is 0 Å². The SMILES string of the molecule is COc1ccc(CN2CCOCC2)c(OC)c1. The van der Waals surface area contributed by atoms with Crippen molar-refractivity contribution in [2.45, 2.75) is 6.54 Å². The number of hydrogen-bond donors (Lipinski definition) is 0. The highest BCUT2D eigenvalue weighted by atomic mass is 16.5. The molecule has 0 aliphatic carbocycles.